The second-order valence-electron chi connectivity index (χ2n) is 30.9. The number of aromatic nitrogens is 10. The van der Waals surface area contributed by atoms with E-state index in [1.54, 1.807) is 25.1 Å². The number of fused-ring (bicyclic) bond motifs is 6. The van der Waals surface area contributed by atoms with Crippen molar-refractivity contribution in [2.24, 2.45) is 56.4 Å². The average molecular weight is 1450 g/mol. The normalized spacial score (nSPS) is 16.9. The molecule has 0 unspecified atom stereocenters. The molecule has 8 aromatic heterocycles. The molecule has 4 atom stereocenters. The minimum atomic E-state index is -0.344. The Hall–Kier alpha value is -11.9. The van der Waals surface area contributed by atoms with E-state index in [2.05, 4.69) is 331 Å². The van der Waals surface area contributed by atoms with E-state index < -0.39 is 0 Å². The van der Waals surface area contributed by atoms with Gasteiger partial charge >= 0.3 is 24.1 Å². The van der Waals surface area contributed by atoms with Gasteiger partial charge in [-0.3, -0.25) is 0 Å². The molecular weight excluding hydrogens is 1350 g/mol. The standard InChI is InChI=1S/C24H27N4O.C23H26N5O.C20H25N4O.C19H24N5O/c1-17-27(23-25(4)14-15-29-23)20-12-8-9-13-21(20)28(17)24(2,3)22-16-18-10-6-7-11-19(18)26(22)5;1-16-27(22-25(4)14-15-29-22)19-12-8-9-13-20(19)28(16)23(2,3)21-24-17-10-6-7-11-18(17)26(21)5;1-15-23(19-22(5)13-14-25-19)16-9-6-7-10-17(16)24(15)20(2,3)18-11-8-12-21(18)4;1-14-23(18-22(5)12-13-25-18)15-8-6-7-9-16(15)24(14)19(2,3)17-20-10-11-21(17)4/h6-17H,1-5H3;6-16H,1-5H3;6-15H,1-5H3;6-14H,1-5H3/q4*+1/t17-;16-;15-;14-/m1111/s1. The van der Waals surface area contributed by atoms with Gasteiger partial charge in [-0.05, 0) is 173 Å². The van der Waals surface area contributed by atoms with Gasteiger partial charge in [-0.2, -0.15) is 19.6 Å². The summed E-state index contributed by atoms with van der Waals surface area (Å²) in [5.74, 6) is 2.06. The number of rotatable bonds is 12. The summed E-state index contributed by atoms with van der Waals surface area (Å²) < 4.78 is 40.2. The quantitative estimate of drug-likeness (QED) is 0.107. The average Bonchev–Trinajstić information content (AvgIpc) is 1.59. The molecule has 4 aliphatic rings. The van der Waals surface area contributed by atoms with Gasteiger partial charge in [0.25, 0.3) is 0 Å². The summed E-state index contributed by atoms with van der Waals surface area (Å²) in [5, 5.41) is 1.27. The largest absolute Gasteiger partial charge is 0.463 e. The second-order valence-corrected chi connectivity index (χ2v) is 30.9. The molecule has 0 N–H and O–H groups in total. The van der Waals surface area contributed by atoms with Crippen molar-refractivity contribution < 1.29 is 35.9 Å². The number of hydrogen-bond acceptors (Lipinski definition) is 14. The van der Waals surface area contributed by atoms with Crippen LogP contribution in [-0.4, -0.2) is 52.9 Å². The predicted octanol–water partition coefficient (Wildman–Crippen LogP) is 15.8. The van der Waals surface area contributed by atoms with Gasteiger partial charge in [-0.25, -0.2) is 28.2 Å². The van der Waals surface area contributed by atoms with Crippen molar-refractivity contribution >= 4 is 91.5 Å². The molecule has 108 heavy (non-hydrogen) atoms. The van der Waals surface area contributed by atoms with Crippen molar-refractivity contribution in [1.29, 1.82) is 0 Å². The second kappa shape index (κ2) is 27.1. The molecular formula is C86H102N18O4+4. The van der Waals surface area contributed by atoms with E-state index in [1.807, 2.05) is 96.8 Å². The lowest BCUT2D eigenvalue weighted by molar-refractivity contribution is -0.660. The first-order valence-corrected chi connectivity index (χ1v) is 37.2. The Morgan fingerprint density at radius 1 is 0.343 bits per heavy atom. The number of hydrogen-bond donors (Lipinski definition) is 0. The molecule has 22 heteroatoms. The van der Waals surface area contributed by atoms with E-state index >= 15 is 0 Å². The Bertz CT molecular complexity index is 5240. The molecule has 0 fully saturated rings. The summed E-state index contributed by atoms with van der Waals surface area (Å²) >= 11 is 0. The number of aryl methyl sites for hydroxylation is 8. The molecule has 0 saturated heterocycles. The summed E-state index contributed by atoms with van der Waals surface area (Å²) in [6, 6.07) is 60.9. The highest BCUT2D eigenvalue weighted by molar-refractivity contribution is 5.87. The molecule has 18 rings (SSSR count). The fourth-order valence-corrected chi connectivity index (χ4v) is 18.0. The minimum absolute atomic E-state index is 0.0552. The Morgan fingerprint density at radius 2 is 0.685 bits per heavy atom. The minimum Gasteiger partial charge on any atom is -0.396 e. The van der Waals surface area contributed by atoms with E-state index in [9.17, 15) is 0 Å². The van der Waals surface area contributed by atoms with Crippen LogP contribution in [0.4, 0.5) is 69.6 Å². The first-order chi connectivity index (χ1) is 51.7. The van der Waals surface area contributed by atoms with Crippen LogP contribution in [0.2, 0.25) is 0 Å². The molecule has 0 spiro atoms. The molecule has 6 aromatic carbocycles. The fourth-order valence-electron chi connectivity index (χ4n) is 18.0. The molecule has 556 valence electrons. The molecule has 12 heterocycles. The summed E-state index contributed by atoms with van der Waals surface area (Å²) in [7, 11) is 16.5. The van der Waals surface area contributed by atoms with Crippen molar-refractivity contribution in [1.82, 2.24) is 28.2 Å². The smallest absolute Gasteiger partial charge is 0.396 e. The lowest BCUT2D eigenvalue weighted by Crippen LogP contribution is -2.51. The molecule has 0 saturated carbocycles. The third-order valence-electron chi connectivity index (χ3n) is 22.7. The monoisotopic (exact) mass is 1450 g/mol. The van der Waals surface area contributed by atoms with E-state index in [4.69, 9.17) is 22.7 Å². The Balaban J connectivity index is 0.000000115. The van der Waals surface area contributed by atoms with E-state index in [0.717, 1.165) is 63.8 Å². The number of oxazole rings is 4. The van der Waals surface area contributed by atoms with Crippen LogP contribution in [-0.2, 0) is 78.5 Å². The highest BCUT2D eigenvalue weighted by Gasteiger charge is 2.54. The van der Waals surface area contributed by atoms with Crippen LogP contribution in [0, 0.1) is 0 Å². The molecule has 0 amide bonds. The lowest BCUT2D eigenvalue weighted by Gasteiger charge is -2.39. The number of anilines is 12. The molecule has 0 radical (unpaired) electrons. The van der Waals surface area contributed by atoms with Gasteiger partial charge in [0.2, 0.25) is 0 Å². The SMILES string of the molecule is C[C@@H]1N(c2occ[n+]2C)c2ccccc2N1C(C)(C)c1cc2ccccc2n1C.C[C@@H]1N(c2occ[n+]2C)c2ccccc2N1C(C)(C)c1cccn1C.C[C@@H]1N(c2occ[n+]2C)c2ccccc2N1C(C)(C)c1nc2ccccc2n1C.C[C@@H]1N(c2occ[n+]2C)c2ccccc2N1C(C)(C)c1nccn1C. The third-order valence-corrected chi connectivity index (χ3v) is 22.7. The van der Waals surface area contributed by atoms with Crippen molar-refractivity contribution in [3.05, 3.63) is 255 Å². The summed E-state index contributed by atoms with van der Waals surface area (Å²) in [4.78, 5) is 28.5. The maximum absolute atomic E-state index is 5.87. The summed E-state index contributed by atoms with van der Waals surface area (Å²) in [6.07, 6.45) is 21.0. The van der Waals surface area contributed by atoms with Gasteiger partial charge in [0.05, 0.1) is 84.1 Å². The third kappa shape index (κ3) is 11.5. The van der Waals surface area contributed by atoms with Gasteiger partial charge < -0.3 is 55.5 Å². The maximum atomic E-state index is 5.87. The van der Waals surface area contributed by atoms with Crippen LogP contribution in [0.1, 0.15) is 106 Å². The zero-order valence-electron chi connectivity index (χ0n) is 65.9. The van der Waals surface area contributed by atoms with Crippen LogP contribution in [0.5, 0.6) is 0 Å². The number of para-hydroxylation sites is 11. The Morgan fingerprint density at radius 3 is 1.03 bits per heavy atom. The molecule has 0 bridgehead atoms. The highest BCUT2D eigenvalue weighted by Crippen LogP contribution is 2.54. The van der Waals surface area contributed by atoms with Crippen LogP contribution in [0.3, 0.4) is 0 Å². The summed E-state index contributed by atoms with van der Waals surface area (Å²) in [5.41, 5.74) is 14.3. The molecule has 14 aromatic rings. The van der Waals surface area contributed by atoms with Crippen molar-refractivity contribution in [3.8, 4) is 0 Å². The van der Waals surface area contributed by atoms with Gasteiger partial charge in [-0.15, -0.1) is 0 Å². The number of nitrogens with zero attached hydrogens (tertiary/aromatic N) is 18. The fraction of sp³-hybridized carbons (Fsp3) is 0.326. The van der Waals surface area contributed by atoms with Crippen LogP contribution in [0.15, 0.2) is 250 Å². The van der Waals surface area contributed by atoms with E-state index in [0.29, 0.717) is 0 Å². The van der Waals surface area contributed by atoms with Gasteiger partial charge in [0.1, 0.15) is 61.5 Å². The Kier molecular flexibility index (Phi) is 18.0. The number of benzene rings is 6. The first-order valence-electron chi connectivity index (χ1n) is 37.2. The maximum Gasteiger partial charge on any atom is 0.463 e. The first kappa shape index (κ1) is 71.7. The summed E-state index contributed by atoms with van der Waals surface area (Å²) in [6.45, 7) is 27.0. The van der Waals surface area contributed by atoms with Gasteiger partial charge in [-0.1, -0.05) is 78.9 Å². The molecule has 22 nitrogen and oxygen atoms in total. The lowest BCUT2D eigenvalue weighted by atomic mass is 9.96. The van der Waals surface area contributed by atoms with Crippen LogP contribution < -0.4 is 57.5 Å². The van der Waals surface area contributed by atoms with Crippen molar-refractivity contribution in [3.63, 3.8) is 0 Å². The number of imidazole rings is 2. The van der Waals surface area contributed by atoms with Gasteiger partial charge in [0.15, 0.2) is 47.4 Å². The van der Waals surface area contributed by atoms with Gasteiger partial charge in [0, 0.05) is 63.7 Å². The van der Waals surface area contributed by atoms with E-state index in [1.165, 1.54) is 50.7 Å². The van der Waals surface area contributed by atoms with Crippen molar-refractivity contribution in [2.75, 3.05) is 39.2 Å². The molecule has 0 aliphatic carbocycles. The topological polar surface area (TPSA) is 140 Å². The highest BCUT2D eigenvalue weighted by atomic mass is 16.4. The van der Waals surface area contributed by atoms with Crippen molar-refractivity contribution in [2.45, 2.75) is 130 Å². The zero-order valence-corrected chi connectivity index (χ0v) is 65.9. The predicted molar refractivity (Wildman–Crippen MR) is 426 cm³/mol. The Labute approximate surface area is 633 Å². The van der Waals surface area contributed by atoms with Crippen LogP contribution in [0.25, 0.3) is 21.9 Å². The zero-order chi connectivity index (χ0) is 76.2. The molecule has 4 aliphatic heterocycles. The van der Waals surface area contributed by atoms with E-state index in [-0.39, 0.29) is 46.8 Å². The van der Waals surface area contributed by atoms with Crippen LogP contribution >= 0.6 is 0 Å².